The van der Waals surface area contributed by atoms with Crippen molar-refractivity contribution in [2.75, 3.05) is 19.6 Å². The summed E-state index contributed by atoms with van der Waals surface area (Å²) in [6.07, 6.45) is 5.66. The van der Waals surface area contributed by atoms with Crippen molar-refractivity contribution in [1.29, 1.82) is 0 Å². The molecular weight excluding hydrogens is 536 g/mol. The maximum absolute atomic E-state index is 12.6. The van der Waals surface area contributed by atoms with Gasteiger partial charge in [-0.2, -0.15) is 0 Å². The summed E-state index contributed by atoms with van der Waals surface area (Å²) in [5.74, 6) is 0.142. The molecule has 4 atom stereocenters. The summed E-state index contributed by atoms with van der Waals surface area (Å²) in [6.45, 7) is 5.48. The average molecular weight is 579 g/mol. The van der Waals surface area contributed by atoms with Crippen molar-refractivity contribution in [3.05, 3.63) is 101 Å². The fourth-order valence-electron chi connectivity index (χ4n) is 5.73. The Morgan fingerprint density at radius 3 is 2.07 bits per heavy atom. The predicted octanol–water partition coefficient (Wildman–Crippen LogP) is 5.71. The smallest absolute Gasteiger partial charge is 0.240 e. The average Bonchev–Trinajstić information content (AvgIpc) is 2.99. The highest BCUT2D eigenvalue weighted by atomic mass is 32.2. The summed E-state index contributed by atoms with van der Waals surface area (Å²) in [4.78, 5) is 2.80. The van der Waals surface area contributed by atoms with Crippen LogP contribution in [0.5, 0.6) is 0 Å². The molecule has 41 heavy (non-hydrogen) atoms. The largest absolute Gasteiger partial charge is 0.392 e. The topological polar surface area (TPSA) is 88.1 Å². The van der Waals surface area contributed by atoms with Crippen LogP contribution in [0.25, 0.3) is 0 Å². The highest BCUT2D eigenvalue weighted by molar-refractivity contribution is 7.89. The van der Waals surface area contributed by atoms with E-state index >= 15 is 0 Å². The second-order valence-corrected chi connectivity index (χ2v) is 13.0. The zero-order valence-electron chi connectivity index (χ0n) is 23.8. The van der Waals surface area contributed by atoms with Crippen molar-refractivity contribution < 1.29 is 23.0 Å². The van der Waals surface area contributed by atoms with Gasteiger partial charge in [-0.05, 0) is 54.8 Å². The minimum atomic E-state index is -3.58. The van der Waals surface area contributed by atoms with Crippen molar-refractivity contribution in [3.8, 4) is 0 Å². The zero-order chi connectivity index (χ0) is 28.7. The number of hydrogen-bond donors (Lipinski definition) is 2. The monoisotopic (exact) mass is 578 g/mol. The van der Waals surface area contributed by atoms with Gasteiger partial charge in [0, 0.05) is 24.6 Å². The van der Waals surface area contributed by atoms with Crippen LogP contribution in [-0.2, 0) is 32.6 Å². The van der Waals surface area contributed by atoms with E-state index in [1.165, 1.54) is 32.1 Å². The maximum atomic E-state index is 12.6. The van der Waals surface area contributed by atoms with Crippen molar-refractivity contribution in [2.45, 2.75) is 75.6 Å². The Hall–Kier alpha value is -2.59. The number of likely N-dealkylation sites (tertiary alicyclic amines) is 1. The van der Waals surface area contributed by atoms with Crippen LogP contribution >= 0.6 is 0 Å². The maximum Gasteiger partial charge on any atom is 0.240 e. The Balaban J connectivity index is 1.31. The van der Waals surface area contributed by atoms with Crippen LogP contribution in [0.15, 0.2) is 83.8 Å². The fourth-order valence-corrected chi connectivity index (χ4v) is 6.77. The number of rotatable bonds is 9. The summed E-state index contributed by atoms with van der Waals surface area (Å²) in [5.41, 5.74) is 3.71. The number of aliphatic hydroxyl groups is 1. The Labute approximate surface area is 244 Å². The minimum Gasteiger partial charge on any atom is -0.392 e. The van der Waals surface area contributed by atoms with Gasteiger partial charge in [0.25, 0.3) is 0 Å². The number of nitrogens with zero attached hydrogens (tertiary/aromatic N) is 1. The third kappa shape index (κ3) is 7.83. The molecule has 0 radical (unpaired) electrons. The molecule has 0 saturated carbocycles. The number of nitrogens with one attached hydrogen (secondary N) is 1. The molecule has 5 rings (SSSR count). The Morgan fingerprint density at radius 1 is 0.805 bits per heavy atom. The van der Waals surface area contributed by atoms with Crippen LogP contribution in [0, 0.1) is 5.92 Å². The molecule has 2 saturated heterocycles. The third-order valence-electron chi connectivity index (χ3n) is 8.28. The van der Waals surface area contributed by atoms with Crippen molar-refractivity contribution in [3.63, 3.8) is 0 Å². The van der Waals surface area contributed by atoms with Gasteiger partial charge < -0.3 is 19.5 Å². The lowest BCUT2D eigenvalue weighted by atomic mass is 9.89. The van der Waals surface area contributed by atoms with Crippen molar-refractivity contribution in [2.24, 2.45) is 5.92 Å². The molecule has 3 aromatic carbocycles. The summed E-state index contributed by atoms with van der Waals surface area (Å²) < 4.78 is 41.2. The van der Waals surface area contributed by atoms with Gasteiger partial charge in [-0.25, -0.2) is 13.1 Å². The molecule has 0 aromatic heterocycles. The van der Waals surface area contributed by atoms with Crippen LogP contribution in [0.3, 0.4) is 0 Å². The van der Waals surface area contributed by atoms with E-state index in [1.807, 2.05) is 48.5 Å². The first-order valence-corrected chi connectivity index (χ1v) is 16.3. The van der Waals surface area contributed by atoms with Crippen LogP contribution in [0.2, 0.25) is 0 Å². The molecule has 0 unspecified atom stereocenters. The Kier molecular flexibility index (Phi) is 10.2. The Morgan fingerprint density at radius 2 is 1.41 bits per heavy atom. The van der Waals surface area contributed by atoms with Crippen LogP contribution in [0.1, 0.15) is 73.7 Å². The molecule has 0 spiro atoms. The highest BCUT2D eigenvalue weighted by Crippen LogP contribution is 2.42. The fraction of sp³-hybridized carbons (Fsp3) is 0.455. The molecule has 220 valence electrons. The lowest BCUT2D eigenvalue weighted by Crippen LogP contribution is -2.45. The van der Waals surface area contributed by atoms with E-state index in [-0.39, 0.29) is 36.2 Å². The van der Waals surface area contributed by atoms with E-state index in [0.717, 1.165) is 41.9 Å². The summed E-state index contributed by atoms with van der Waals surface area (Å²) in [7, 11) is -3.58. The number of hydrogen-bond acceptors (Lipinski definition) is 6. The van der Waals surface area contributed by atoms with Gasteiger partial charge in [0.15, 0.2) is 6.29 Å². The SMILES string of the molecule is C[C@@H]1[C@H](CN2CCCCCCC2)O[C@H](c2ccc(CNS(=O)(=O)c3ccccc3)cc2)O[C@@H]1c1ccc(CO)cc1. The van der Waals surface area contributed by atoms with E-state index in [0.29, 0.717) is 0 Å². The van der Waals surface area contributed by atoms with Gasteiger partial charge in [-0.1, -0.05) is 92.9 Å². The molecule has 8 heteroatoms. The number of ether oxygens (including phenoxy) is 2. The number of aliphatic hydroxyl groups excluding tert-OH is 1. The lowest BCUT2D eigenvalue weighted by Gasteiger charge is -2.43. The first kappa shape index (κ1) is 29.9. The van der Waals surface area contributed by atoms with Crippen LogP contribution in [0.4, 0.5) is 0 Å². The molecule has 2 N–H and O–H groups in total. The van der Waals surface area contributed by atoms with Gasteiger partial charge >= 0.3 is 0 Å². The number of sulfonamides is 1. The molecule has 2 aliphatic heterocycles. The third-order valence-corrected chi connectivity index (χ3v) is 9.70. The molecule has 0 bridgehead atoms. The summed E-state index contributed by atoms with van der Waals surface area (Å²) in [5, 5.41) is 9.52. The molecule has 0 amide bonds. The number of benzene rings is 3. The van der Waals surface area contributed by atoms with E-state index in [1.54, 1.807) is 30.3 Å². The standard InChI is InChI=1S/C33H42N2O5S/c1-25-31(23-35-20-8-3-2-4-9-21-35)39-33(40-32(25)28-16-14-27(24-36)15-17-28)29-18-12-26(13-19-29)22-34-41(37,38)30-10-6-5-7-11-30/h5-7,10-19,25,31-34,36H,2-4,8-9,20-24H2,1H3/t25-,31+,32+,33+/m1/s1. The van der Waals surface area contributed by atoms with Gasteiger partial charge in [0.1, 0.15) is 0 Å². The first-order valence-electron chi connectivity index (χ1n) is 14.8. The normalized spacial score (nSPS) is 24.4. The quantitative estimate of drug-likeness (QED) is 0.338. The molecule has 2 aliphatic rings. The lowest BCUT2D eigenvalue weighted by molar-refractivity contribution is -0.276. The minimum absolute atomic E-state index is 0.00643. The van der Waals surface area contributed by atoms with E-state index in [9.17, 15) is 13.5 Å². The van der Waals surface area contributed by atoms with E-state index < -0.39 is 16.3 Å². The summed E-state index contributed by atoms with van der Waals surface area (Å²) >= 11 is 0. The van der Waals surface area contributed by atoms with Gasteiger partial charge in [-0.15, -0.1) is 0 Å². The second kappa shape index (κ2) is 14.1. The van der Waals surface area contributed by atoms with Gasteiger partial charge in [0.05, 0.1) is 23.7 Å². The Bertz CT molecular complexity index is 1320. The molecular formula is C33H42N2O5S. The van der Waals surface area contributed by atoms with E-state index in [4.69, 9.17) is 9.47 Å². The highest BCUT2D eigenvalue weighted by Gasteiger charge is 2.39. The molecule has 2 fully saturated rings. The molecule has 7 nitrogen and oxygen atoms in total. The molecule has 0 aliphatic carbocycles. The van der Waals surface area contributed by atoms with Crippen molar-refractivity contribution in [1.82, 2.24) is 9.62 Å². The summed E-state index contributed by atoms with van der Waals surface area (Å²) in [6, 6.07) is 24.2. The van der Waals surface area contributed by atoms with Gasteiger partial charge in [0.2, 0.25) is 10.0 Å². The molecule has 3 aromatic rings. The first-order chi connectivity index (χ1) is 19.9. The van der Waals surface area contributed by atoms with Gasteiger partial charge in [-0.3, -0.25) is 0 Å². The van der Waals surface area contributed by atoms with Crippen molar-refractivity contribution >= 4 is 10.0 Å². The van der Waals surface area contributed by atoms with Crippen LogP contribution < -0.4 is 4.72 Å². The second-order valence-electron chi connectivity index (χ2n) is 11.3. The van der Waals surface area contributed by atoms with Crippen LogP contribution in [-0.4, -0.2) is 44.2 Å². The zero-order valence-corrected chi connectivity index (χ0v) is 24.6. The predicted molar refractivity (Wildman–Crippen MR) is 159 cm³/mol. The molecule has 2 heterocycles. The van der Waals surface area contributed by atoms with E-state index in [2.05, 4.69) is 16.5 Å².